The van der Waals surface area contributed by atoms with Crippen LogP contribution >= 0.6 is 11.8 Å². The molecule has 0 aliphatic heterocycles. The number of hydrogen-bond acceptors (Lipinski definition) is 3. The van der Waals surface area contributed by atoms with E-state index in [4.69, 9.17) is 10.8 Å². The Kier molecular flexibility index (Phi) is 5.42. The first-order valence-corrected chi connectivity index (χ1v) is 7.81. The van der Waals surface area contributed by atoms with Gasteiger partial charge in [0, 0.05) is 16.7 Å². The van der Waals surface area contributed by atoms with Crippen LogP contribution in [0.5, 0.6) is 0 Å². The lowest BCUT2D eigenvalue weighted by Gasteiger charge is -2.10. The number of carbonyl (C=O) groups is 1. The molecule has 0 heterocycles. The number of hydrogen-bond donors (Lipinski definition) is 2. The molecule has 0 aromatic heterocycles. The van der Waals surface area contributed by atoms with E-state index in [2.05, 4.69) is 12.1 Å². The fraction of sp³-hybridized carbons (Fsp3) is 0.235. The highest BCUT2D eigenvalue weighted by Crippen LogP contribution is 2.26. The highest BCUT2D eigenvalue weighted by atomic mass is 32.2. The van der Waals surface area contributed by atoms with Crippen molar-refractivity contribution < 1.29 is 9.90 Å². The maximum absolute atomic E-state index is 10.9. The molecule has 0 saturated carbocycles. The summed E-state index contributed by atoms with van der Waals surface area (Å²) in [6.07, 6.45) is 0.0661. The SMILES string of the molecule is CC(N)c1cccc(SCc2ccccc2CC(=O)O)c1. The summed E-state index contributed by atoms with van der Waals surface area (Å²) >= 11 is 1.70. The van der Waals surface area contributed by atoms with Gasteiger partial charge in [0.2, 0.25) is 0 Å². The summed E-state index contributed by atoms with van der Waals surface area (Å²) in [5, 5.41) is 8.95. The predicted octanol–water partition coefficient (Wildman–Crippen LogP) is 3.63. The average molecular weight is 301 g/mol. The van der Waals surface area contributed by atoms with E-state index in [1.54, 1.807) is 11.8 Å². The molecule has 4 heteroatoms. The van der Waals surface area contributed by atoms with Crippen molar-refractivity contribution in [2.45, 2.75) is 30.0 Å². The Hall–Kier alpha value is -1.78. The first kappa shape index (κ1) is 15.6. The fourth-order valence-electron chi connectivity index (χ4n) is 2.08. The molecule has 1 atom stereocenters. The first-order chi connectivity index (χ1) is 10.1. The largest absolute Gasteiger partial charge is 0.481 e. The zero-order valence-corrected chi connectivity index (χ0v) is 12.8. The van der Waals surface area contributed by atoms with Gasteiger partial charge in [0.1, 0.15) is 0 Å². The molecule has 110 valence electrons. The summed E-state index contributed by atoms with van der Waals surface area (Å²) in [4.78, 5) is 12.0. The average Bonchev–Trinajstić information content (AvgIpc) is 2.46. The molecule has 0 bridgehead atoms. The van der Waals surface area contributed by atoms with E-state index in [1.165, 1.54) is 0 Å². The monoisotopic (exact) mass is 301 g/mol. The topological polar surface area (TPSA) is 63.3 Å². The molecule has 2 aromatic rings. The van der Waals surface area contributed by atoms with E-state index in [-0.39, 0.29) is 12.5 Å². The van der Waals surface area contributed by atoms with Crippen LogP contribution in [0.2, 0.25) is 0 Å². The van der Waals surface area contributed by atoms with E-state index in [1.807, 2.05) is 43.3 Å². The maximum Gasteiger partial charge on any atom is 0.307 e. The Morgan fingerprint density at radius 2 is 1.90 bits per heavy atom. The highest BCUT2D eigenvalue weighted by molar-refractivity contribution is 7.98. The molecular weight excluding hydrogens is 282 g/mol. The zero-order chi connectivity index (χ0) is 15.2. The van der Waals surface area contributed by atoms with Gasteiger partial charge in [-0.2, -0.15) is 0 Å². The number of nitrogens with two attached hydrogens (primary N) is 1. The van der Waals surface area contributed by atoms with Crippen molar-refractivity contribution in [2.75, 3.05) is 0 Å². The Morgan fingerprint density at radius 3 is 2.57 bits per heavy atom. The Labute approximate surface area is 129 Å². The van der Waals surface area contributed by atoms with Crippen molar-refractivity contribution in [1.82, 2.24) is 0 Å². The molecule has 2 rings (SSSR count). The quantitative estimate of drug-likeness (QED) is 0.800. The second kappa shape index (κ2) is 7.29. The van der Waals surface area contributed by atoms with Crippen molar-refractivity contribution in [1.29, 1.82) is 0 Å². The minimum absolute atomic E-state index is 0.0184. The number of thioether (sulfide) groups is 1. The zero-order valence-electron chi connectivity index (χ0n) is 12.0. The smallest absolute Gasteiger partial charge is 0.307 e. The predicted molar refractivity (Wildman–Crippen MR) is 86.4 cm³/mol. The molecule has 0 amide bonds. The van der Waals surface area contributed by atoms with Crippen LogP contribution in [0.25, 0.3) is 0 Å². The first-order valence-electron chi connectivity index (χ1n) is 6.83. The van der Waals surface area contributed by atoms with E-state index in [0.717, 1.165) is 27.3 Å². The molecule has 3 N–H and O–H groups in total. The van der Waals surface area contributed by atoms with Gasteiger partial charge in [0.25, 0.3) is 0 Å². The minimum Gasteiger partial charge on any atom is -0.481 e. The highest BCUT2D eigenvalue weighted by Gasteiger charge is 2.07. The third kappa shape index (κ3) is 4.62. The number of aliphatic carboxylic acids is 1. The lowest BCUT2D eigenvalue weighted by molar-refractivity contribution is -0.136. The van der Waals surface area contributed by atoms with Crippen molar-refractivity contribution >= 4 is 17.7 Å². The Bertz CT molecular complexity index is 626. The number of carboxylic acids is 1. The van der Waals surface area contributed by atoms with Crippen LogP contribution in [0.1, 0.15) is 29.7 Å². The molecule has 0 aliphatic rings. The maximum atomic E-state index is 10.9. The van der Waals surface area contributed by atoms with E-state index in [9.17, 15) is 4.79 Å². The van der Waals surface area contributed by atoms with Gasteiger partial charge in [-0.15, -0.1) is 11.8 Å². The van der Waals surface area contributed by atoms with Gasteiger partial charge in [-0.05, 0) is 35.7 Å². The molecule has 21 heavy (non-hydrogen) atoms. The second-order valence-corrected chi connectivity index (χ2v) is 6.04. The summed E-state index contributed by atoms with van der Waals surface area (Å²) in [6, 6.07) is 15.9. The van der Waals surface area contributed by atoms with E-state index >= 15 is 0 Å². The molecule has 0 saturated heterocycles. The lowest BCUT2D eigenvalue weighted by Crippen LogP contribution is -2.04. The standard InChI is InChI=1S/C17H19NO2S/c1-12(18)13-7-4-8-16(9-13)21-11-15-6-3-2-5-14(15)10-17(19)20/h2-9,12H,10-11,18H2,1H3,(H,19,20). The van der Waals surface area contributed by atoms with Crippen LogP contribution < -0.4 is 5.73 Å². The lowest BCUT2D eigenvalue weighted by atomic mass is 10.1. The minimum atomic E-state index is -0.800. The van der Waals surface area contributed by atoms with Gasteiger partial charge in [-0.3, -0.25) is 4.79 Å². The van der Waals surface area contributed by atoms with Gasteiger partial charge in [-0.25, -0.2) is 0 Å². The molecule has 0 radical (unpaired) electrons. The van der Waals surface area contributed by atoms with Crippen LogP contribution in [0.15, 0.2) is 53.4 Å². The molecule has 0 aliphatic carbocycles. The molecule has 0 fully saturated rings. The molecular formula is C17H19NO2S. The molecule has 0 spiro atoms. The fourth-order valence-corrected chi connectivity index (χ4v) is 3.08. The van der Waals surface area contributed by atoms with Crippen LogP contribution in [0, 0.1) is 0 Å². The van der Waals surface area contributed by atoms with Crippen molar-refractivity contribution in [3.63, 3.8) is 0 Å². The third-order valence-electron chi connectivity index (χ3n) is 3.24. The summed E-state index contributed by atoms with van der Waals surface area (Å²) in [5.41, 5.74) is 8.95. The van der Waals surface area contributed by atoms with Crippen molar-refractivity contribution in [3.8, 4) is 0 Å². The van der Waals surface area contributed by atoms with Crippen LogP contribution in [-0.2, 0) is 17.0 Å². The van der Waals surface area contributed by atoms with Gasteiger partial charge in [-0.1, -0.05) is 36.4 Å². The summed E-state index contributed by atoms with van der Waals surface area (Å²) in [6.45, 7) is 1.96. The van der Waals surface area contributed by atoms with E-state index in [0.29, 0.717) is 0 Å². The second-order valence-electron chi connectivity index (χ2n) is 4.99. The Morgan fingerprint density at radius 1 is 1.19 bits per heavy atom. The van der Waals surface area contributed by atoms with Crippen LogP contribution in [0.4, 0.5) is 0 Å². The summed E-state index contributed by atoms with van der Waals surface area (Å²) in [7, 11) is 0. The van der Waals surface area contributed by atoms with Gasteiger partial charge in [0.15, 0.2) is 0 Å². The molecule has 3 nitrogen and oxygen atoms in total. The van der Waals surface area contributed by atoms with Crippen molar-refractivity contribution in [3.05, 3.63) is 65.2 Å². The Balaban J connectivity index is 2.09. The van der Waals surface area contributed by atoms with Gasteiger partial charge in [0.05, 0.1) is 6.42 Å². The summed E-state index contributed by atoms with van der Waals surface area (Å²) < 4.78 is 0. The number of carboxylic acid groups (broad SMARTS) is 1. The van der Waals surface area contributed by atoms with Gasteiger partial charge >= 0.3 is 5.97 Å². The third-order valence-corrected chi connectivity index (χ3v) is 4.28. The number of benzene rings is 2. The van der Waals surface area contributed by atoms with Crippen molar-refractivity contribution in [2.24, 2.45) is 5.73 Å². The van der Waals surface area contributed by atoms with Crippen LogP contribution in [-0.4, -0.2) is 11.1 Å². The molecule has 1 unspecified atom stereocenters. The van der Waals surface area contributed by atoms with Gasteiger partial charge < -0.3 is 10.8 Å². The normalized spacial score (nSPS) is 12.1. The van der Waals surface area contributed by atoms with Crippen LogP contribution in [0.3, 0.4) is 0 Å². The number of rotatable bonds is 6. The summed E-state index contributed by atoms with van der Waals surface area (Å²) in [5.74, 6) is -0.0438. The molecule has 2 aromatic carbocycles. The van der Waals surface area contributed by atoms with E-state index < -0.39 is 5.97 Å².